The van der Waals surface area contributed by atoms with Crippen molar-refractivity contribution in [3.8, 4) is 23.1 Å². The number of anilines is 1. The van der Waals surface area contributed by atoms with E-state index >= 15 is 0 Å². The highest BCUT2D eigenvalue weighted by atomic mass is 32.2. The second-order valence-corrected chi connectivity index (χ2v) is 8.78. The number of thioether (sulfide) groups is 1. The van der Waals surface area contributed by atoms with Gasteiger partial charge in [0.25, 0.3) is 0 Å². The quantitative estimate of drug-likeness (QED) is 0.505. The van der Waals surface area contributed by atoms with Crippen LogP contribution in [-0.4, -0.2) is 61.0 Å². The lowest BCUT2D eigenvalue weighted by molar-refractivity contribution is 0.311. The Hall–Kier alpha value is -2.30. The summed E-state index contributed by atoms with van der Waals surface area (Å²) in [6.07, 6.45) is 1.11. The number of hydrogen-bond donors (Lipinski definition) is 0. The second kappa shape index (κ2) is 9.95. The van der Waals surface area contributed by atoms with Crippen molar-refractivity contribution >= 4 is 17.6 Å². The zero-order valence-corrected chi connectivity index (χ0v) is 18.5. The maximum Gasteiger partial charge on any atom is 0.190 e. The predicted molar refractivity (Wildman–Crippen MR) is 119 cm³/mol. The zero-order valence-electron chi connectivity index (χ0n) is 17.7. The van der Waals surface area contributed by atoms with Gasteiger partial charge >= 0.3 is 0 Å². The van der Waals surface area contributed by atoms with Crippen LogP contribution >= 0.6 is 11.8 Å². The molecule has 1 saturated heterocycles. The average Bonchev–Trinajstić information content (AvgIpc) is 2.73. The molecule has 1 aromatic heterocycles. The van der Waals surface area contributed by atoms with Crippen molar-refractivity contribution in [2.24, 2.45) is 5.92 Å². The minimum atomic E-state index is 0.549. The van der Waals surface area contributed by atoms with Gasteiger partial charge in [-0.05, 0) is 43.7 Å². The van der Waals surface area contributed by atoms with Crippen LogP contribution in [0.25, 0.3) is 11.3 Å². The molecule has 0 saturated carbocycles. The lowest BCUT2D eigenvalue weighted by Gasteiger charge is -2.34. The molecule has 0 unspecified atom stereocenters. The van der Waals surface area contributed by atoms with Crippen LogP contribution in [0, 0.1) is 17.2 Å². The molecule has 0 radical (unpaired) electrons. The molecule has 7 heteroatoms. The normalized spacial score (nSPS) is 14.8. The van der Waals surface area contributed by atoms with Crippen molar-refractivity contribution in [2.75, 3.05) is 51.0 Å². The average molecular weight is 412 g/mol. The van der Waals surface area contributed by atoms with Crippen molar-refractivity contribution < 1.29 is 4.74 Å². The number of nitriles is 1. The Kier molecular flexibility index (Phi) is 7.34. The van der Waals surface area contributed by atoms with Crippen LogP contribution in [0.1, 0.15) is 25.8 Å². The van der Waals surface area contributed by atoms with Gasteiger partial charge < -0.3 is 14.5 Å². The van der Waals surface area contributed by atoms with Crippen LogP contribution in [0.2, 0.25) is 0 Å². The summed E-state index contributed by atoms with van der Waals surface area (Å²) in [6, 6.07) is 10.1. The summed E-state index contributed by atoms with van der Waals surface area (Å²) in [7, 11) is 3.77. The SMILES string of the molecule is COc1ccc(-c2nc(SCCC(C)C)nc(N3CCN(C)CC3)c2C#N)cc1. The van der Waals surface area contributed by atoms with E-state index in [0.717, 1.165) is 60.6 Å². The van der Waals surface area contributed by atoms with Gasteiger partial charge in [0.15, 0.2) is 11.0 Å². The van der Waals surface area contributed by atoms with Crippen molar-refractivity contribution in [2.45, 2.75) is 25.4 Å². The molecule has 2 heterocycles. The van der Waals surface area contributed by atoms with Gasteiger partial charge in [-0.3, -0.25) is 0 Å². The molecule has 2 aromatic rings. The molecule has 1 aromatic carbocycles. The Bertz CT molecular complexity index is 855. The lowest BCUT2D eigenvalue weighted by Crippen LogP contribution is -2.45. The standard InChI is InChI=1S/C22H29N5OS/c1-16(2)9-14-29-22-24-20(17-5-7-18(28-4)8-6-17)19(15-23)21(25-22)27-12-10-26(3)11-13-27/h5-8,16H,9-14H2,1-4H3. The Morgan fingerprint density at radius 3 is 2.41 bits per heavy atom. The van der Waals surface area contributed by atoms with Crippen LogP contribution in [-0.2, 0) is 0 Å². The van der Waals surface area contributed by atoms with E-state index in [0.29, 0.717) is 17.2 Å². The highest BCUT2D eigenvalue weighted by molar-refractivity contribution is 7.99. The van der Waals surface area contributed by atoms with Gasteiger partial charge in [0.2, 0.25) is 0 Å². The molecule has 0 atom stereocenters. The van der Waals surface area contributed by atoms with Gasteiger partial charge in [-0.1, -0.05) is 25.6 Å². The smallest absolute Gasteiger partial charge is 0.190 e. The summed E-state index contributed by atoms with van der Waals surface area (Å²) in [5, 5.41) is 10.7. The molecule has 3 rings (SSSR count). The van der Waals surface area contributed by atoms with E-state index in [1.165, 1.54) is 0 Å². The van der Waals surface area contributed by atoms with Crippen LogP contribution in [0.5, 0.6) is 5.75 Å². The van der Waals surface area contributed by atoms with Crippen molar-refractivity contribution in [3.63, 3.8) is 0 Å². The number of aromatic nitrogens is 2. The Morgan fingerprint density at radius 2 is 1.83 bits per heavy atom. The number of benzene rings is 1. The Labute approximate surface area is 177 Å². The number of rotatable bonds is 7. The van der Waals surface area contributed by atoms with Crippen LogP contribution < -0.4 is 9.64 Å². The molecular formula is C22H29N5OS. The molecule has 29 heavy (non-hydrogen) atoms. The summed E-state index contributed by atoms with van der Waals surface area (Å²) >= 11 is 1.67. The van der Waals surface area contributed by atoms with Crippen LogP contribution in [0.4, 0.5) is 5.82 Å². The fourth-order valence-electron chi connectivity index (χ4n) is 3.19. The molecule has 1 aliphatic heterocycles. The van der Waals surface area contributed by atoms with E-state index in [2.05, 4.69) is 36.8 Å². The Balaban J connectivity index is 2.01. The van der Waals surface area contributed by atoms with Gasteiger partial charge in [-0.25, -0.2) is 9.97 Å². The first-order chi connectivity index (χ1) is 14.0. The van der Waals surface area contributed by atoms with E-state index in [9.17, 15) is 5.26 Å². The molecule has 0 N–H and O–H groups in total. The molecule has 0 spiro atoms. The summed E-state index contributed by atoms with van der Waals surface area (Å²) in [5.41, 5.74) is 2.16. The predicted octanol–water partition coefficient (Wildman–Crippen LogP) is 3.91. The molecule has 0 amide bonds. The molecular weight excluding hydrogens is 382 g/mol. The number of ether oxygens (including phenoxy) is 1. The first-order valence-corrected chi connectivity index (χ1v) is 11.0. The third-order valence-corrected chi connectivity index (χ3v) is 5.95. The number of nitrogens with zero attached hydrogens (tertiary/aromatic N) is 5. The van der Waals surface area contributed by atoms with Crippen LogP contribution in [0.15, 0.2) is 29.4 Å². The summed E-state index contributed by atoms with van der Waals surface area (Å²) < 4.78 is 5.28. The minimum absolute atomic E-state index is 0.549. The van der Waals surface area contributed by atoms with Crippen molar-refractivity contribution in [3.05, 3.63) is 29.8 Å². The minimum Gasteiger partial charge on any atom is -0.497 e. The van der Waals surface area contributed by atoms with Gasteiger partial charge in [0.1, 0.15) is 17.4 Å². The highest BCUT2D eigenvalue weighted by Gasteiger charge is 2.23. The van der Waals surface area contributed by atoms with E-state index in [4.69, 9.17) is 14.7 Å². The number of hydrogen-bond acceptors (Lipinski definition) is 7. The molecule has 1 aliphatic rings. The van der Waals surface area contributed by atoms with Crippen LogP contribution in [0.3, 0.4) is 0 Å². The van der Waals surface area contributed by atoms with E-state index in [1.54, 1.807) is 18.9 Å². The van der Waals surface area contributed by atoms with E-state index in [-0.39, 0.29) is 0 Å². The topological polar surface area (TPSA) is 65.3 Å². The monoisotopic (exact) mass is 411 g/mol. The van der Waals surface area contributed by atoms with Crippen molar-refractivity contribution in [1.82, 2.24) is 14.9 Å². The van der Waals surface area contributed by atoms with Gasteiger partial charge in [-0.2, -0.15) is 5.26 Å². The number of methoxy groups -OCH3 is 1. The fourth-order valence-corrected chi connectivity index (χ4v) is 4.27. The first-order valence-electron chi connectivity index (χ1n) is 10.0. The zero-order chi connectivity index (χ0) is 20.8. The van der Waals surface area contributed by atoms with E-state index < -0.39 is 0 Å². The molecule has 0 bridgehead atoms. The lowest BCUT2D eigenvalue weighted by atomic mass is 10.1. The molecule has 0 aliphatic carbocycles. The summed E-state index contributed by atoms with van der Waals surface area (Å²) in [4.78, 5) is 14.1. The second-order valence-electron chi connectivity index (χ2n) is 7.72. The summed E-state index contributed by atoms with van der Waals surface area (Å²) in [5.74, 6) is 3.15. The maximum atomic E-state index is 9.99. The maximum absolute atomic E-state index is 9.99. The molecule has 6 nitrogen and oxygen atoms in total. The van der Waals surface area contributed by atoms with Gasteiger partial charge in [-0.15, -0.1) is 0 Å². The number of likely N-dealkylation sites (N-methyl/N-ethyl adjacent to an activating group) is 1. The van der Waals surface area contributed by atoms with Crippen molar-refractivity contribution in [1.29, 1.82) is 5.26 Å². The van der Waals surface area contributed by atoms with Gasteiger partial charge in [0, 0.05) is 37.5 Å². The third kappa shape index (κ3) is 5.40. The van der Waals surface area contributed by atoms with E-state index in [1.807, 2.05) is 24.3 Å². The summed E-state index contributed by atoms with van der Waals surface area (Å²) in [6.45, 7) is 8.09. The first kappa shape index (κ1) is 21.4. The fraction of sp³-hybridized carbons (Fsp3) is 0.500. The molecule has 154 valence electrons. The number of piperazine rings is 1. The Morgan fingerprint density at radius 1 is 1.14 bits per heavy atom. The van der Waals surface area contributed by atoms with Gasteiger partial charge in [0.05, 0.1) is 12.8 Å². The highest BCUT2D eigenvalue weighted by Crippen LogP contribution is 2.32. The molecule has 1 fully saturated rings. The largest absolute Gasteiger partial charge is 0.497 e. The third-order valence-electron chi connectivity index (χ3n) is 5.07.